The summed E-state index contributed by atoms with van der Waals surface area (Å²) >= 11 is 5.97. The predicted octanol–water partition coefficient (Wildman–Crippen LogP) is 2.65. The molecule has 0 radical (unpaired) electrons. The number of hydrogen-bond acceptors (Lipinski definition) is 4. The molecule has 0 bridgehead atoms. The number of carbonyl (C=O) groups is 1. The number of hydrogen-bond donors (Lipinski definition) is 0. The largest absolute Gasteiger partial charge is 0.465 e. The van der Waals surface area contributed by atoms with E-state index in [9.17, 15) is 4.79 Å². The molecule has 0 heterocycles. The second-order valence-corrected chi connectivity index (χ2v) is 3.89. The normalized spacial score (nSPS) is 12.9. The molecule has 4 nitrogen and oxygen atoms in total. The summed E-state index contributed by atoms with van der Waals surface area (Å²) < 4.78 is 4.78. The molecule has 1 rings (SSSR count). The van der Waals surface area contributed by atoms with E-state index < -0.39 is 17.8 Å². The van der Waals surface area contributed by atoms with Gasteiger partial charge in [0.05, 0.1) is 24.7 Å². The lowest BCUT2D eigenvalue weighted by molar-refractivity contribution is -0.146. The number of carbonyl (C=O) groups excluding carboxylic acids is 1. The SMILES string of the molecule is CCOC(=O)C(C#N)C(C#N)c1ccccc1Cl. The number of ether oxygens (including phenoxy) is 1. The Bertz CT molecular complexity index is 516. The van der Waals surface area contributed by atoms with Gasteiger partial charge >= 0.3 is 5.97 Å². The summed E-state index contributed by atoms with van der Waals surface area (Å²) in [7, 11) is 0. The molecule has 0 saturated heterocycles. The molecule has 0 aromatic heterocycles. The van der Waals surface area contributed by atoms with Gasteiger partial charge in [0.25, 0.3) is 0 Å². The van der Waals surface area contributed by atoms with Gasteiger partial charge in [0.15, 0.2) is 5.92 Å². The van der Waals surface area contributed by atoms with E-state index >= 15 is 0 Å². The van der Waals surface area contributed by atoms with Gasteiger partial charge in [-0.25, -0.2) is 0 Å². The monoisotopic (exact) mass is 262 g/mol. The first-order chi connectivity index (χ1) is 8.65. The van der Waals surface area contributed by atoms with E-state index in [4.69, 9.17) is 26.9 Å². The van der Waals surface area contributed by atoms with Crippen LogP contribution in [0.2, 0.25) is 5.02 Å². The zero-order valence-corrected chi connectivity index (χ0v) is 10.5. The topological polar surface area (TPSA) is 73.9 Å². The van der Waals surface area contributed by atoms with Gasteiger partial charge in [-0.1, -0.05) is 29.8 Å². The molecule has 0 fully saturated rings. The number of nitrogens with zero attached hydrogens (tertiary/aromatic N) is 2. The van der Waals surface area contributed by atoms with Gasteiger partial charge in [0.1, 0.15) is 0 Å². The van der Waals surface area contributed by atoms with Crippen LogP contribution >= 0.6 is 11.6 Å². The van der Waals surface area contributed by atoms with Crippen molar-refractivity contribution in [3.8, 4) is 12.1 Å². The average molecular weight is 263 g/mol. The molecular formula is C13H11ClN2O2. The zero-order chi connectivity index (χ0) is 13.5. The van der Waals surface area contributed by atoms with E-state index in [-0.39, 0.29) is 6.61 Å². The second kappa shape index (κ2) is 6.64. The standard InChI is InChI=1S/C13H11ClN2O2/c1-2-18-13(17)11(8-16)10(7-15)9-5-3-4-6-12(9)14/h3-6,10-11H,2H2,1H3. The van der Waals surface area contributed by atoms with Gasteiger partial charge in [0, 0.05) is 5.02 Å². The Morgan fingerprint density at radius 3 is 2.56 bits per heavy atom. The minimum absolute atomic E-state index is 0.164. The van der Waals surface area contributed by atoms with Crippen LogP contribution in [0.15, 0.2) is 24.3 Å². The second-order valence-electron chi connectivity index (χ2n) is 3.49. The van der Waals surface area contributed by atoms with Gasteiger partial charge in [-0.15, -0.1) is 0 Å². The molecule has 2 atom stereocenters. The molecule has 0 spiro atoms. The molecule has 0 aliphatic heterocycles. The summed E-state index contributed by atoms with van der Waals surface area (Å²) in [5, 5.41) is 18.5. The molecule has 1 aromatic rings. The van der Waals surface area contributed by atoms with E-state index in [1.165, 1.54) is 0 Å². The highest BCUT2D eigenvalue weighted by Crippen LogP contribution is 2.30. The van der Waals surface area contributed by atoms with Crippen molar-refractivity contribution in [1.29, 1.82) is 10.5 Å². The first-order valence-corrected chi connectivity index (χ1v) is 5.73. The van der Waals surface area contributed by atoms with Gasteiger partial charge in [-0.3, -0.25) is 4.79 Å². The van der Waals surface area contributed by atoms with Crippen LogP contribution in [0.4, 0.5) is 0 Å². The molecule has 2 unspecified atom stereocenters. The van der Waals surface area contributed by atoms with E-state index in [2.05, 4.69) is 0 Å². The van der Waals surface area contributed by atoms with Crippen molar-refractivity contribution in [1.82, 2.24) is 0 Å². The summed E-state index contributed by atoms with van der Waals surface area (Å²) in [6.07, 6.45) is 0. The maximum absolute atomic E-state index is 11.6. The van der Waals surface area contributed by atoms with Crippen molar-refractivity contribution in [2.24, 2.45) is 5.92 Å². The van der Waals surface area contributed by atoms with Crippen LogP contribution in [0.5, 0.6) is 0 Å². The van der Waals surface area contributed by atoms with E-state index in [0.717, 1.165) is 0 Å². The van der Waals surface area contributed by atoms with Gasteiger partial charge in [0.2, 0.25) is 0 Å². The lowest BCUT2D eigenvalue weighted by Crippen LogP contribution is -2.22. The lowest BCUT2D eigenvalue weighted by atomic mass is 9.88. The van der Waals surface area contributed by atoms with E-state index in [1.807, 2.05) is 12.1 Å². The van der Waals surface area contributed by atoms with Crippen LogP contribution in [-0.2, 0) is 9.53 Å². The van der Waals surface area contributed by atoms with Crippen LogP contribution in [0.3, 0.4) is 0 Å². The predicted molar refractivity (Wildman–Crippen MR) is 65.5 cm³/mol. The molecule has 0 N–H and O–H groups in total. The Kier molecular flexibility index (Phi) is 5.17. The Labute approximate surface area is 110 Å². The zero-order valence-electron chi connectivity index (χ0n) is 9.76. The lowest BCUT2D eigenvalue weighted by Gasteiger charge is -2.15. The number of halogens is 1. The van der Waals surface area contributed by atoms with Crippen molar-refractivity contribution in [3.05, 3.63) is 34.9 Å². The fourth-order valence-electron chi connectivity index (χ4n) is 1.55. The van der Waals surface area contributed by atoms with Crippen molar-refractivity contribution in [2.45, 2.75) is 12.8 Å². The first kappa shape index (κ1) is 14.0. The molecule has 0 aliphatic carbocycles. The van der Waals surface area contributed by atoms with Crippen LogP contribution in [0, 0.1) is 28.6 Å². The van der Waals surface area contributed by atoms with Crippen LogP contribution in [-0.4, -0.2) is 12.6 Å². The van der Waals surface area contributed by atoms with Gasteiger partial charge in [-0.2, -0.15) is 10.5 Å². The maximum Gasteiger partial charge on any atom is 0.325 e. The van der Waals surface area contributed by atoms with Crippen molar-refractivity contribution < 1.29 is 9.53 Å². The number of rotatable bonds is 4. The summed E-state index contributed by atoms with van der Waals surface area (Å²) in [5.74, 6) is -2.80. The Morgan fingerprint density at radius 2 is 2.06 bits per heavy atom. The first-order valence-electron chi connectivity index (χ1n) is 5.36. The van der Waals surface area contributed by atoms with Crippen LogP contribution in [0.1, 0.15) is 18.4 Å². The highest BCUT2D eigenvalue weighted by Gasteiger charge is 2.32. The highest BCUT2D eigenvalue weighted by molar-refractivity contribution is 6.31. The molecule has 92 valence electrons. The summed E-state index contributed by atoms with van der Waals surface area (Å²) in [5.41, 5.74) is 0.460. The molecular weight excluding hydrogens is 252 g/mol. The highest BCUT2D eigenvalue weighted by atomic mass is 35.5. The fraction of sp³-hybridized carbons (Fsp3) is 0.308. The minimum atomic E-state index is -1.17. The van der Waals surface area contributed by atoms with Crippen molar-refractivity contribution >= 4 is 17.6 Å². The van der Waals surface area contributed by atoms with Crippen molar-refractivity contribution in [3.63, 3.8) is 0 Å². The van der Waals surface area contributed by atoms with Crippen molar-refractivity contribution in [2.75, 3.05) is 6.61 Å². The smallest absolute Gasteiger partial charge is 0.325 e. The molecule has 5 heteroatoms. The Morgan fingerprint density at radius 1 is 1.39 bits per heavy atom. The fourth-order valence-corrected chi connectivity index (χ4v) is 1.80. The van der Waals surface area contributed by atoms with Crippen LogP contribution < -0.4 is 0 Å². The Balaban J connectivity index is 3.11. The minimum Gasteiger partial charge on any atom is -0.465 e. The quantitative estimate of drug-likeness (QED) is 0.782. The van der Waals surface area contributed by atoms with Gasteiger partial charge in [-0.05, 0) is 18.6 Å². The van der Waals surface area contributed by atoms with E-state index in [1.54, 1.807) is 31.2 Å². The number of nitriles is 2. The van der Waals surface area contributed by atoms with E-state index in [0.29, 0.717) is 10.6 Å². The summed E-state index contributed by atoms with van der Waals surface area (Å²) in [4.78, 5) is 11.6. The summed E-state index contributed by atoms with van der Waals surface area (Å²) in [6, 6.07) is 10.4. The van der Waals surface area contributed by atoms with Crippen LogP contribution in [0.25, 0.3) is 0 Å². The summed E-state index contributed by atoms with van der Waals surface area (Å²) in [6.45, 7) is 1.81. The maximum atomic E-state index is 11.6. The third-order valence-corrected chi connectivity index (χ3v) is 2.74. The molecule has 1 aromatic carbocycles. The average Bonchev–Trinajstić information content (AvgIpc) is 2.37. The third kappa shape index (κ3) is 3.00. The number of benzene rings is 1. The molecule has 18 heavy (non-hydrogen) atoms. The molecule has 0 aliphatic rings. The Hall–Kier alpha value is -2.04. The third-order valence-electron chi connectivity index (χ3n) is 2.39. The van der Waals surface area contributed by atoms with Gasteiger partial charge < -0.3 is 4.74 Å². The number of esters is 1. The molecule has 0 amide bonds. The molecule has 0 saturated carbocycles.